The lowest BCUT2D eigenvalue weighted by molar-refractivity contribution is 1.14. The van der Waals surface area contributed by atoms with Crippen molar-refractivity contribution < 1.29 is 0 Å². The van der Waals surface area contributed by atoms with E-state index in [1.807, 2.05) is 36.4 Å². The van der Waals surface area contributed by atoms with Gasteiger partial charge < -0.3 is 0 Å². The van der Waals surface area contributed by atoms with Crippen LogP contribution < -0.4 is 0 Å². The van der Waals surface area contributed by atoms with Crippen LogP contribution in [0, 0.1) is 13.8 Å². The molecule has 8 heteroatoms. The molecule has 0 unspecified atom stereocenters. The van der Waals surface area contributed by atoms with Crippen LogP contribution >= 0.6 is 0 Å². The minimum Gasteiger partial charge on any atom is -0.261 e. The quantitative estimate of drug-likeness (QED) is 0.153. The molecule has 56 heavy (non-hydrogen) atoms. The van der Waals surface area contributed by atoms with Crippen molar-refractivity contribution in [1.82, 2.24) is 39.9 Å². The van der Waals surface area contributed by atoms with E-state index in [0.717, 1.165) is 67.3 Å². The van der Waals surface area contributed by atoms with Crippen molar-refractivity contribution in [2.45, 2.75) is 13.8 Å². The molecule has 0 fully saturated rings. The van der Waals surface area contributed by atoms with E-state index in [-0.39, 0.29) is 0 Å². The van der Waals surface area contributed by atoms with Gasteiger partial charge in [-0.25, -0.2) is 19.9 Å². The van der Waals surface area contributed by atoms with Gasteiger partial charge in [-0.05, 0) is 48.2 Å². The molecule has 8 nitrogen and oxygen atoms in total. The van der Waals surface area contributed by atoms with Crippen LogP contribution in [0.4, 0.5) is 0 Å². The molecule has 0 radical (unpaired) electrons. The summed E-state index contributed by atoms with van der Waals surface area (Å²) < 4.78 is 0. The van der Waals surface area contributed by atoms with E-state index in [1.54, 1.807) is 37.2 Å². The first-order chi connectivity index (χ1) is 27.5. The molecule has 0 aliphatic carbocycles. The summed E-state index contributed by atoms with van der Waals surface area (Å²) in [7, 11) is 0. The summed E-state index contributed by atoms with van der Waals surface area (Å²) >= 11 is 0. The number of aromatic nitrogens is 8. The molecular formula is C48H34N8. The average Bonchev–Trinajstić information content (AvgIpc) is 3.27. The van der Waals surface area contributed by atoms with Gasteiger partial charge in [0.25, 0.3) is 0 Å². The molecule has 5 aromatic carbocycles. The van der Waals surface area contributed by atoms with Crippen LogP contribution in [-0.4, -0.2) is 39.9 Å². The lowest BCUT2D eigenvalue weighted by Crippen LogP contribution is -1.97. The molecule has 4 aromatic heterocycles. The second-order valence-corrected chi connectivity index (χ2v) is 13.6. The average molecular weight is 723 g/mol. The Bertz CT molecular complexity index is 2560. The third-order valence-corrected chi connectivity index (χ3v) is 9.64. The Morgan fingerprint density at radius 3 is 0.911 bits per heavy atom. The van der Waals surface area contributed by atoms with Crippen LogP contribution in [0.25, 0.3) is 90.3 Å². The Hall–Kier alpha value is -7.58. The Morgan fingerprint density at radius 2 is 0.589 bits per heavy atom. The normalized spacial score (nSPS) is 11.0. The topological polar surface area (TPSA) is 103 Å². The van der Waals surface area contributed by atoms with Crippen molar-refractivity contribution in [1.29, 1.82) is 0 Å². The highest BCUT2D eigenvalue weighted by Crippen LogP contribution is 2.32. The highest BCUT2D eigenvalue weighted by Gasteiger charge is 2.14. The van der Waals surface area contributed by atoms with Crippen molar-refractivity contribution in [2.24, 2.45) is 0 Å². The highest BCUT2D eigenvalue weighted by atomic mass is 14.9. The number of benzene rings is 5. The first-order valence-corrected chi connectivity index (χ1v) is 18.3. The fourth-order valence-electron chi connectivity index (χ4n) is 6.50. The monoisotopic (exact) mass is 722 g/mol. The van der Waals surface area contributed by atoms with Crippen LogP contribution in [-0.2, 0) is 0 Å². The summed E-state index contributed by atoms with van der Waals surface area (Å²) in [5.41, 5.74) is 15.2. The second kappa shape index (κ2) is 15.0. The lowest BCUT2D eigenvalue weighted by atomic mass is 9.98. The maximum absolute atomic E-state index is 4.97. The number of hydrogen-bond donors (Lipinski definition) is 0. The van der Waals surface area contributed by atoms with Gasteiger partial charge in [-0.3, -0.25) is 19.9 Å². The largest absolute Gasteiger partial charge is 0.261 e. The first kappa shape index (κ1) is 34.2. The van der Waals surface area contributed by atoms with Gasteiger partial charge in [0.15, 0.2) is 11.6 Å². The molecule has 0 bridgehead atoms. The minimum atomic E-state index is 0.645. The summed E-state index contributed by atoms with van der Waals surface area (Å²) in [6.45, 7) is 4.14. The van der Waals surface area contributed by atoms with E-state index in [1.165, 1.54) is 11.1 Å². The standard InChI is InChI=1S/C48H34N8/c1-31-3-7-39(8-4-31)47-53-41(27-43(55-47)45-29-49-23-25-51-45)37-19-15-35(16-20-37)33-11-13-34(14-12-33)36-17-21-38(22-18-36)42-28-44(46-30-50-24-26-52-46)56-48(54-42)40-9-5-32(2)6-10-40/h3-30H,1-2H3. The molecule has 0 atom stereocenters. The molecule has 0 amide bonds. The predicted octanol–water partition coefficient (Wildman–Crippen LogP) is 10.8. The molecular weight excluding hydrogens is 689 g/mol. The zero-order chi connectivity index (χ0) is 37.8. The molecule has 0 saturated carbocycles. The van der Waals surface area contributed by atoms with Crippen molar-refractivity contribution in [3.05, 3.63) is 182 Å². The molecule has 0 aliphatic heterocycles. The summed E-state index contributed by atoms with van der Waals surface area (Å²) in [4.78, 5) is 37.2. The summed E-state index contributed by atoms with van der Waals surface area (Å²) in [6.07, 6.45) is 10.1. The minimum absolute atomic E-state index is 0.645. The first-order valence-electron chi connectivity index (χ1n) is 18.3. The predicted molar refractivity (Wildman–Crippen MR) is 222 cm³/mol. The molecule has 0 spiro atoms. The van der Waals surface area contributed by atoms with E-state index < -0.39 is 0 Å². The summed E-state index contributed by atoms with van der Waals surface area (Å²) in [5, 5.41) is 0. The van der Waals surface area contributed by atoms with Gasteiger partial charge >= 0.3 is 0 Å². The Labute approximate surface area is 324 Å². The van der Waals surface area contributed by atoms with E-state index in [2.05, 4.69) is 131 Å². The maximum Gasteiger partial charge on any atom is 0.160 e. The number of hydrogen-bond acceptors (Lipinski definition) is 8. The Kier molecular flexibility index (Phi) is 9.19. The van der Waals surface area contributed by atoms with Crippen molar-refractivity contribution in [2.75, 3.05) is 0 Å². The fraction of sp³-hybridized carbons (Fsp3) is 0.0417. The van der Waals surface area contributed by atoms with Crippen LogP contribution in [0.15, 0.2) is 171 Å². The summed E-state index contributed by atoms with van der Waals surface area (Å²) in [5.74, 6) is 1.29. The van der Waals surface area contributed by atoms with Gasteiger partial charge in [0, 0.05) is 47.0 Å². The Balaban J connectivity index is 0.968. The van der Waals surface area contributed by atoms with E-state index in [9.17, 15) is 0 Å². The molecule has 9 aromatic rings. The van der Waals surface area contributed by atoms with Crippen LogP contribution in [0.1, 0.15) is 11.1 Å². The zero-order valence-electron chi connectivity index (χ0n) is 30.7. The third-order valence-electron chi connectivity index (χ3n) is 9.64. The molecule has 9 rings (SSSR count). The van der Waals surface area contributed by atoms with Gasteiger partial charge in [0.2, 0.25) is 0 Å². The fourth-order valence-corrected chi connectivity index (χ4v) is 6.50. The van der Waals surface area contributed by atoms with E-state index >= 15 is 0 Å². The molecule has 266 valence electrons. The van der Waals surface area contributed by atoms with Crippen LogP contribution in [0.3, 0.4) is 0 Å². The molecule has 0 saturated heterocycles. The maximum atomic E-state index is 4.97. The van der Waals surface area contributed by atoms with Crippen LogP contribution in [0.2, 0.25) is 0 Å². The van der Waals surface area contributed by atoms with Gasteiger partial charge in [0.05, 0.1) is 35.2 Å². The van der Waals surface area contributed by atoms with Gasteiger partial charge in [-0.15, -0.1) is 0 Å². The second-order valence-electron chi connectivity index (χ2n) is 13.6. The number of aryl methyl sites for hydroxylation is 2. The van der Waals surface area contributed by atoms with Crippen LogP contribution in [0.5, 0.6) is 0 Å². The van der Waals surface area contributed by atoms with Gasteiger partial charge in [-0.1, -0.05) is 132 Å². The van der Waals surface area contributed by atoms with Crippen molar-refractivity contribution in [3.63, 3.8) is 0 Å². The number of nitrogens with zero attached hydrogens (tertiary/aromatic N) is 8. The lowest BCUT2D eigenvalue weighted by Gasteiger charge is -2.11. The van der Waals surface area contributed by atoms with E-state index in [4.69, 9.17) is 19.9 Å². The van der Waals surface area contributed by atoms with Gasteiger partial charge in [0.1, 0.15) is 11.4 Å². The van der Waals surface area contributed by atoms with E-state index in [0.29, 0.717) is 23.0 Å². The number of rotatable bonds is 8. The summed E-state index contributed by atoms with van der Waals surface area (Å²) in [6, 6.07) is 46.1. The van der Waals surface area contributed by atoms with Gasteiger partial charge in [-0.2, -0.15) is 0 Å². The highest BCUT2D eigenvalue weighted by molar-refractivity contribution is 5.77. The third kappa shape index (κ3) is 7.31. The van der Waals surface area contributed by atoms with Crippen molar-refractivity contribution >= 4 is 0 Å². The SMILES string of the molecule is Cc1ccc(-c2nc(-c3ccc(-c4ccc(-c5ccc(-c6cc(-c7cnccn7)nc(-c7ccc(C)cc7)n6)cc5)cc4)cc3)cc(-c3cnccn3)n2)cc1. The van der Waals surface area contributed by atoms with Crippen molar-refractivity contribution in [3.8, 4) is 90.3 Å². The molecule has 0 aliphatic rings. The Morgan fingerprint density at radius 1 is 0.286 bits per heavy atom. The smallest absolute Gasteiger partial charge is 0.160 e. The molecule has 0 N–H and O–H groups in total. The molecule has 4 heterocycles. The zero-order valence-corrected chi connectivity index (χ0v) is 30.7.